The first kappa shape index (κ1) is 12.0. The molecule has 1 heterocycles. The molecule has 1 aromatic rings. The Balaban J connectivity index is 0.000000424. The molecule has 0 aliphatic rings. The molecule has 3 nitrogen and oxygen atoms in total. The normalized spacial score (nSPS) is 8.92. The Bertz CT molecular complexity index is 183. The fourth-order valence-corrected chi connectivity index (χ4v) is 0.747. The Kier molecular flexibility index (Phi) is 7.11. The largest absolute Gasteiger partial charge is 0.323 e. The number of aromatic nitrogens is 2. The predicted octanol–water partition coefficient (Wildman–Crippen LogP) is 1.44. The van der Waals surface area contributed by atoms with Gasteiger partial charge in [0.05, 0.1) is 11.4 Å². The van der Waals surface area contributed by atoms with Gasteiger partial charge in [0.1, 0.15) is 0 Å². The number of rotatable bonds is 2. The lowest BCUT2D eigenvalue weighted by molar-refractivity contribution is 0.936. The Hall–Kier alpha value is -0.960. The van der Waals surface area contributed by atoms with Crippen molar-refractivity contribution < 1.29 is 0 Å². The van der Waals surface area contributed by atoms with E-state index >= 15 is 0 Å². The van der Waals surface area contributed by atoms with Gasteiger partial charge in [-0.15, -0.1) is 0 Å². The Morgan fingerprint density at radius 3 is 1.46 bits per heavy atom. The zero-order chi connectivity index (χ0) is 10.1. The summed E-state index contributed by atoms with van der Waals surface area (Å²) in [6.45, 7) is 4.16. The maximum Gasteiger partial charge on any atom is 0.0584 e. The average molecular weight is 181 g/mol. The van der Waals surface area contributed by atoms with Gasteiger partial charge in [0.15, 0.2) is 0 Å². The summed E-state index contributed by atoms with van der Waals surface area (Å²) < 4.78 is 0. The summed E-state index contributed by atoms with van der Waals surface area (Å²) in [6.07, 6.45) is 5.63. The Labute approximate surface area is 80.6 Å². The Morgan fingerprint density at radius 1 is 1.00 bits per heavy atom. The molecule has 0 aliphatic heterocycles. The number of hydrogen-bond donors (Lipinski definition) is 1. The van der Waals surface area contributed by atoms with Crippen LogP contribution in [0.25, 0.3) is 0 Å². The molecule has 0 saturated heterocycles. The second kappa shape index (κ2) is 7.68. The maximum absolute atomic E-state index is 4.21. The van der Waals surface area contributed by atoms with Crippen LogP contribution in [-0.2, 0) is 12.8 Å². The van der Waals surface area contributed by atoms with Crippen molar-refractivity contribution in [1.29, 1.82) is 0 Å². The van der Waals surface area contributed by atoms with Gasteiger partial charge in [-0.25, -0.2) is 0 Å². The fourth-order valence-electron chi connectivity index (χ4n) is 0.747. The fraction of sp³-hybridized carbons (Fsp3) is 0.600. The van der Waals surface area contributed by atoms with E-state index in [2.05, 4.69) is 29.1 Å². The molecule has 0 atom stereocenters. The van der Waals surface area contributed by atoms with Gasteiger partial charge in [-0.05, 0) is 26.9 Å². The third-order valence-electron chi connectivity index (χ3n) is 1.48. The van der Waals surface area contributed by atoms with Crippen LogP contribution in [-0.4, -0.2) is 24.1 Å². The second-order valence-electron chi connectivity index (χ2n) is 2.71. The molecule has 1 N–H and O–H groups in total. The van der Waals surface area contributed by atoms with Crippen molar-refractivity contribution in [2.75, 3.05) is 14.1 Å². The molecule has 0 aliphatic carbocycles. The van der Waals surface area contributed by atoms with Crippen LogP contribution < -0.4 is 5.32 Å². The lowest BCUT2D eigenvalue weighted by Crippen LogP contribution is -1.92. The Morgan fingerprint density at radius 2 is 1.31 bits per heavy atom. The molecule has 0 radical (unpaired) electrons. The summed E-state index contributed by atoms with van der Waals surface area (Å²) in [4.78, 5) is 8.41. The molecule has 13 heavy (non-hydrogen) atoms. The smallest absolute Gasteiger partial charge is 0.0584 e. The van der Waals surface area contributed by atoms with Crippen molar-refractivity contribution in [3.8, 4) is 0 Å². The predicted molar refractivity (Wildman–Crippen MR) is 55.8 cm³/mol. The van der Waals surface area contributed by atoms with Crippen LogP contribution in [0.2, 0.25) is 0 Å². The summed E-state index contributed by atoms with van der Waals surface area (Å²) in [5.41, 5.74) is 2.13. The van der Waals surface area contributed by atoms with Gasteiger partial charge in [-0.1, -0.05) is 13.8 Å². The van der Waals surface area contributed by atoms with Crippen LogP contribution in [0, 0.1) is 0 Å². The minimum atomic E-state index is 0.969. The van der Waals surface area contributed by atoms with Crippen LogP contribution >= 0.6 is 0 Å². The van der Waals surface area contributed by atoms with Crippen molar-refractivity contribution in [3.05, 3.63) is 23.8 Å². The molecular weight excluding hydrogens is 162 g/mol. The van der Waals surface area contributed by atoms with Gasteiger partial charge in [0, 0.05) is 12.4 Å². The van der Waals surface area contributed by atoms with Crippen molar-refractivity contribution in [2.24, 2.45) is 0 Å². The molecule has 0 amide bonds. The van der Waals surface area contributed by atoms with Crippen LogP contribution in [0.15, 0.2) is 12.4 Å². The first-order chi connectivity index (χ1) is 6.28. The van der Waals surface area contributed by atoms with Crippen molar-refractivity contribution in [1.82, 2.24) is 15.3 Å². The number of nitrogens with zero attached hydrogens (tertiary/aromatic N) is 2. The second-order valence-corrected chi connectivity index (χ2v) is 2.71. The quantitative estimate of drug-likeness (QED) is 0.750. The molecule has 1 aromatic heterocycles. The van der Waals surface area contributed by atoms with E-state index in [4.69, 9.17) is 0 Å². The van der Waals surface area contributed by atoms with Gasteiger partial charge >= 0.3 is 0 Å². The highest BCUT2D eigenvalue weighted by Gasteiger charge is 1.91. The van der Waals surface area contributed by atoms with Crippen LogP contribution in [0.4, 0.5) is 0 Å². The molecule has 0 spiro atoms. The topological polar surface area (TPSA) is 37.8 Å². The molecule has 1 rings (SSSR count). The highest BCUT2D eigenvalue weighted by atomic mass is 14.8. The summed E-state index contributed by atoms with van der Waals surface area (Å²) >= 11 is 0. The van der Waals surface area contributed by atoms with Crippen molar-refractivity contribution >= 4 is 0 Å². The van der Waals surface area contributed by atoms with Gasteiger partial charge in [-0.2, -0.15) is 0 Å². The summed E-state index contributed by atoms with van der Waals surface area (Å²) in [6, 6.07) is 0. The molecule has 74 valence electrons. The van der Waals surface area contributed by atoms with Crippen LogP contribution in [0.3, 0.4) is 0 Å². The third kappa shape index (κ3) is 5.31. The minimum absolute atomic E-state index is 0.969. The lowest BCUT2D eigenvalue weighted by Gasteiger charge is -1.95. The van der Waals surface area contributed by atoms with E-state index in [1.165, 1.54) is 0 Å². The maximum atomic E-state index is 4.21. The highest BCUT2D eigenvalue weighted by Crippen LogP contribution is 1.95. The van der Waals surface area contributed by atoms with Gasteiger partial charge < -0.3 is 5.32 Å². The number of nitrogens with one attached hydrogen (secondary N) is 1. The van der Waals surface area contributed by atoms with Gasteiger partial charge in [-0.3, -0.25) is 9.97 Å². The standard InChI is InChI=1S/C8H12N2.C2H7N/c1-3-7-5-10-8(4-2)6-9-7;1-3-2/h5-6H,3-4H2,1-2H3;3H,1-2H3. The summed E-state index contributed by atoms with van der Waals surface area (Å²) in [5, 5.41) is 2.75. The van der Waals surface area contributed by atoms with E-state index in [0.29, 0.717) is 0 Å². The van der Waals surface area contributed by atoms with Crippen LogP contribution in [0.5, 0.6) is 0 Å². The van der Waals surface area contributed by atoms with Crippen molar-refractivity contribution in [3.63, 3.8) is 0 Å². The third-order valence-corrected chi connectivity index (χ3v) is 1.48. The molecular formula is C10H19N3. The number of aryl methyl sites for hydroxylation is 2. The molecule has 0 aromatic carbocycles. The summed E-state index contributed by atoms with van der Waals surface area (Å²) in [5.74, 6) is 0. The van der Waals surface area contributed by atoms with Gasteiger partial charge in [0.25, 0.3) is 0 Å². The average Bonchev–Trinajstić information content (AvgIpc) is 2.19. The molecule has 0 fully saturated rings. The SMILES string of the molecule is CCc1cnc(CC)cn1.CNC. The molecule has 0 bridgehead atoms. The monoisotopic (exact) mass is 181 g/mol. The first-order valence-corrected chi connectivity index (χ1v) is 4.66. The summed E-state index contributed by atoms with van der Waals surface area (Å²) in [7, 11) is 3.75. The first-order valence-electron chi connectivity index (χ1n) is 4.66. The van der Waals surface area contributed by atoms with E-state index in [1.807, 2.05) is 26.5 Å². The van der Waals surface area contributed by atoms with E-state index in [1.54, 1.807) is 0 Å². The zero-order valence-electron chi connectivity index (χ0n) is 8.96. The zero-order valence-corrected chi connectivity index (χ0v) is 8.96. The minimum Gasteiger partial charge on any atom is -0.323 e. The molecule has 0 unspecified atom stereocenters. The van der Waals surface area contributed by atoms with E-state index < -0.39 is 0 Å². The van der Waals surface area contributed by atoms with E-state index in [0.717, 1.165) is 24.2 Å². The van der Waals surface area contributed by atoms with E-state index in [9.17, 15) is 0 Å². The van der Waals surface area contributed by atoms with Crippen molar-refractivity contribution in [2.45, 2.75) is 26.7 Å². The van der Waals surface area contributed by atoms with E-state index in [-0.39, 0.29) is 0 Å². The highest BCUT2D eigenvalue weighted by molar-refractivity contribution is 5.01. The number of hydrogen-bond acceptors (Lipinski definition) is 3. The molecule has 0 saturated carbocycles. The van der Waals surface area contributed by atoms with Crippen LogP contribution in [0.1, 0.15) is 25.2 Å². The lowest BCUT2D eigenvalue weighted by atomic mass is 10.3. The van der Waals surface area contributed by atoms with Gasteiger partial charge in [0.2, 0.25) is 0 Å². The molecule has 3 heteroatoms.